The predicted molar refractivity (Wildman–Crippen MR) is 145 cm³/mol. The van der Waals surface area contributed by atoms with Gasteiger partial charge in [-0.3, -0.25) is 14.4 Å². The molecule has 4 aromatic rings. The maximum absolute atomic E-state index is 13.7. The SMILES string of the molecule is COc1ccc(C(=O)N(C)C)cc1C(=O)Nc1c(C(=O)Nc2ccc(F)c(C(F)(F)F)c2)sc2cc(C(F)(F)F)ccc12. The van der Waals surface area contributed by atoms with Crippen molar-refractivity contribution in [1.82, 2.24) is 4.90 Å². The molecule has 0 aliphatic rings. The molecule has 4 rings (SSSR count). The monoisotopic (exact) mass is 627 g/mol. The van der Waals surface area contributed by atoms with Crippen LogP contribution >= 0.6 is 11.3 Å². The third-order valence-electron chi connectivity index (χ3n) is 6.09. The van der Waals surface area contributed by atoms with Crippen LogP contribution in [0.5, 0.6) is 5.75 Å². The Hall–Kier alpha value is -4.66. The Labute approximate surface area is 242 Å². The number of hydrogen-bond donors (Lipinski definition) is 2. The van der Waals surface area contributed by atoms with E-state index in [1.165, 1.54) is 44.3 Å². The molecule has 7 nitrogen and oxygen atoms in total. The maximum atomic E-state index is 13.7. The molecule has 2 N–H and O–H groups in total. The van der Waals surface area contributed by atoms with E-state index in [1.807, 2.05) is 0 Å². The number of ether oxygens (including phenoxy) is 1. The highest BCUT2D eigenvalue weighted by molar-refractivity contribution is 7.21. The number of anilines is 2. The number of alkyl halides is 6. The minimum Gasteiger partial charge on any atom is -0.496 e. The van der Waals surface area contributed by atoms with Gasteiger partial charge in [-0.15, -0.1) is 11.3 Å². The number of methoxy groups -OCH3 is 1. The highest BCUT2D eigenvalue weighted by Gasteiger charge is 2.35. The summed E-state index contributed by atoms with van der Waals surface area (Å²) in [5, 5.41) is 4.67. The molecule has 3 amide bonds. The topological polar surface area (TPSA) is 87.7 Å². The molecule has 0 saturated carbocycles. The number of amides is 3. The van der Waals surface area contributed by atoms with Crippen LogP contribution in [0.15, 0.2) is 54.6 Å². The number of rotatable bonds is 6. The Kier molecular flexibility index (Phi) is 8.40. The second-order valence-corrected chi connectivity index (χ2v) is 10.3. The Morgan fingerprint density at radius 2 is 1.53 bits per heavy atom. The second-order valence-electron chi connectivity index (χ2n) is 9.23. The van der Waals surface area contributed by atoms with Crippen molar-refractivity contribution in [3.63, 3.8) is 0 Å². The van der Waals surface area contributed by atoms with Crippen LogP contribution in [0.1, 0.15) is 41.5 Å². The highest BCUT2D eigenvalue weighted by Crippen LogP contribution is 2.41. The minimum atomic E-state index is -5.07. The van der Waals surface area contributed by atoms with Crippen LogP contribution in [0.2, 0.25) is 0 Å². The van der Waals surface area contributed by atoms with Crippen molar-refractivity contribution in [2.45, 2.75) is 12.4 Å². The van der Waals surface area contributed by atoms with Gasteiger partial charge in [-0.25, -0.2) is 4.39 Å². The van der Waals surface area contributed by atoms with E-state index in [0.29, 0.717) is 23.5 Å². The van der Waals surface area contributed by atoms with Gasteiger partial charge >= 0.3 is 12.4 Å². The Morgan fingerprint density at radius 1 is 0.837 bits per heavy atom. The van der Waals surface area contributed by atoms with Crippen LogP contribution in [0.4, 0.5) is 42.1 Å². The molecule has 0 fully saturated rings. The lowest BCUT2D eigenvalue weighted by atomic mass is 10.1. The van der Waals surface area contributed by atoms with E-state index in [9.17, 15) is 45.1 Å². The summed E-state index contributed by atoms with van der Waals surface area (Å²) in [4.78, 5) is 40.1. The van der Waals surface area contributed by atoms with E-state index < -0.39 is 52.7 Å². The fourth-order valence-corrected chi connectivity index (χ4v) is 5.12. The lowest BCUT2D eigenvalue weighted by Crippen LogP contribution is -2.23. The fraction of sp³-hybridized carbons (Fsp3) is 0.179. The summed E-state index contributed by atoms with van der Waals surface area (Å²) in [7, 11) is 4.24. The first-order chi connectivity index (χ1) is 20.0. The van der Waals surface area contributed by atoms with Crippen LogP contribution < -0.4 is 15.4 Å². The van der Waals surface area contributed by atoms with E-state index in [0.717, 1.165) is 24.3 Å². The summed E-state index contributed by atoms with van der Waals surface area (Å²) in [6, 6.07) is 8.24. The van der Waals surface area contributed by atoms with Gasteiger partial charge in [0.15, 0.2) is 0 Å². The van der Waals surface area contributed by atoms with Crippen LogP contribution in [0.3, 0.4) is 0 Å². The smallest absolute Gasteiger partial charge is 0.419 e. The molecule has 15 heteroatoms. The number of benzene rings is 3. The normalized spacial score (nSPS) is 11.8. The lowest BCUT2D eigenvalue weighted by Gasteiger charge is -2.14. The fourth-order valence-electron chi connectivity index (χ4n) is 4.02. The molecule has 0 aliphatic carbocycles. The van der Waals surface area contributed by atoms with Crippen molar-refractivity contribution in [2.24, 2.45) is 0 Å². The van der Waals surface area contributed by atoms with Gasteiger partial charge in [-0.2, -0.15) is 26.3 Å². The van der Waals surface area contributed by atoms with E-state index in [2.05, 4.69) is 10.6 Å². The number of halogens is 7. The van der Waals surface area contributed by atoms with Crippen LogP contribution in [0, 0.1) is 5.82 Å². The predicted octanol–water partition coefficient (Wildman–Crippen LogP) is 7.29. The van der Waals surface area contributed by atoms with Gasteiger partial charge in [0.1, 0.15) is 16.4 Å². The van der Waals surface area contributed by atoms with E-state index in [4.69, 9.17) is 4.74 Å². The molecule has 0 saturated heterocycles. The van der Waals surface area contributed by atoms with Gasteiger partial charge in [-0.05, 0) is 48.5 Å². The summed E-state index contributed by atoms with van der Waals surface area (Å²) >= 11 is 0.538. The molecule has 226 valence electrons. The van der Waals surface area contributed by atoms with Gasteiger partial charge in [0.25, 0.3) is 17.7 Å². The summed E-state index contributed by atoms with van der Waals surface area (Å²) in [6.45, 7) is 0. The number of nitrogens with zero attached hydrogens (tertiary/aromatic N) is 1. The van der Waals surface area contributed by atoms with Crippen molar-refractivity contribution in [2.75, 3.05) is 31.8 Å². The average molecular weight is 628 g/mol. The Balaban J connectivity index is 1.80. The first-order valence-corrected chi connectivity index (χ1v) is 12.9. The number of hydrogen-bond acceptors (Lipinski definition) is 5. The van der Waals surface area contributed by atoms with Crippen molar-refractivity contribution >= 4 is 50.5 Å². The molecule has 0 aliphatic heterocycles. The zero-order valence-electron chi connectivity index (χ0n) is 22.3. The molecule has 0 atom stereocenters. The van der Waals surface area contributed by atoms with Gasteiger partial charge in [0, 0.05) is 35.4 Å². The molecular formula is C28H20F7N3O4S. The van der Waals surface area contributed by atoms with Crippen molar-refractivity contribution in [3.05, 3.63) is 87.5 Å². The third-order valence-corrected chi connectivity index (χ3v) is 7.24. The number of carbonyl (C=O) groups is 3. The molecule has 0 unspecified atom stereocenters. The van der Waals surface area contributed by atoms with Gasteiger partial charge in [0.2, 0.25) is 0 Å². The maximum Gasteiger partial charge on any atom is 0.419 e. The van der Waals surface area contributed by atoms with Crippen LogP contribution in [0.25, 0.3) is 10.1 Å². The van der Waals surface area contributed by atoms with E-state index in [1.54, 1.807) is 0 Å². The summed E-state index contributed by atoms with van der Waals surface area (Å²) in [6.07, 6.45) is -9.81. The molecule has 0 spiro atoms. The van der Waals surface area contributed by atoms with Gasteiger partial charge in [0.05, 0.1) is 29.5 Å². The van der Waals surface area contributed by atoms with Gasteiger partial charge < -0.3 is 20.3 Å². The number of nitrogens with one attached hydrogen (secondary N) is 2. The third kappa shape index (κ3) is 6.56. The zero-order chi connectivity index (χ0) is 31.9. The lowest BCUT2D eigenvalue weighted by molar-refractivity contribution is -0.140. The van der Waals surface area contributed by atoms with Crippen LogP contribution in [-0.2, 0) is 12.4 Å². The summed E-state index contributed by atoms with van der Waals surface area (Å²) in [5.41, 5.74) is -3.45. The summed E-state index contributed by atoms with van der Waals surface area (Å²) in [5.74, 6) is -3.99. The molecule has 3 aromatic carbocycles. The summed E-state index contributed by atoms with van der Waals surface area (Å²) < 4.78 is 98.7. The molecule has 1 aromatic heterocycles. The van der Waals surface area contributed by atoms with Crippen LogP contribution in [-0.4, -0.2) is 43.8 Å². The standard InChI is InChI=1S/C28H20F7N3O4S/c1-38(2)26(41)13-4-9-20(42-3)17(10-13)24(39)37-22-16-7-5-14(27(30,31)32)11-21(16)43-23(22)25(40)36-15-6-8-19(29)18(12-15)28(33,34)35/h4-12H,1-3H3,(H,36,40)(H,37,39). The molecule has 43 heavy (non-hydrogen) atoms. The Bertz CT molecular complexity index is 1750. The van der Waals surface area contributed by atoms with E-state index >= 15 is 0 Å². The number of thiophene rings is 1. The molecule has 1 heterocycles. The first-order valence-electron chi connectivity index (χ1n) is 12.0. The number of carbonyl (C=O) groups excluding carboxylic acids is 3. The van der Waals surface area contributed by atoms with Crippen molar-refractivity contribution in [1.29, 1.82) is 0 Å². The van der Waals surface area contributed by atoms with Crippen molar-refractivity contribution < 1.29 is 49.9 Å². The Morgan fingerprint density at radius 3 is 2.14 bits per heavy atom. The largest absolute Gasteiger partial charge is 0.496 e. The zero-order valence-corrected chi connectivity index (χ0v) is 23.1. The number of fused-ring (bicyclic) bond motifs is 1. The second kappa shape index (κ2) is 11.6. The van der Waals surface area contributed by atoms with Gasteiger partial charge in [-0.1, -0.05) is 6.07 Å². The molecule has 0 radical (unpaired) electrons. The minimum absolute atomic E-state index is 0.0195. The molecule has 0 bridgehead atoms. The molecular weight excluding hydrogens is 607 g/mol. The first kappa shape index (κ1) is 31.3. The van der Waals surface area contributed by atoms with Crippen molar-refractivity contribution in [3.8, 4) is 5.75 Å². The van der Waals surface area contributed by atoms with E-state index in [-0.39, 0.29) is 37.5 Å². The highest BCUT2D eigenvalue weighted by atomic mass is 32.1. The average Bonchev–Trinajstić information content (AvgIpc) is 3.29. The quantitative estimate of drug-likeness (QED) is 0.220.